The molecule has 0 heterocycles. The minimum absolute atomic E-state index is 0.457. The van der Waals surface area contributed by atoms with E-state index in [4.69, 9.17) is 0 Å². The van der Waals surface area contributed by atoms with Crippen molar-refractivity contribution in [1.82, 2.24) is 0 Å². The zero-order chi connectivity index (χ0) is 8.43. The molecule has 0 radical (unpaired) electrons. The van der Waals surface area contributed by atoms with Crippen LogP contribution < -0.4 is 5.46 Å². The molecule has 1 rings (SSSR count). The molecule has 0 aromatic heterocycles. The Bertz CT molecular complexity index is 269. The zero-order valence-corrected chi connectivity index (χ0v) is 7.31. The summed E-state index contributed by atoms with van der Waals surface area (Å²) < 4.78 is 0. The highest BCUT2D eigenvalue weighted by Crippen LogP contribution is 2.19. The van der Waals surface area contributed by atoms with Gasteiger partial charge in [-0.05, 0) is 24.5 Å². The monoisotopic (exact) mass is 148 g/mol. The molecule has 11 heavy (non-hydrogen) atoms. The van der Waals surface area contributed by atoms with E-state index >= 15 is 0 Å². The van der Waals surface area contributed by atoms with Gasteiger partial charge in [-0.15, -0.1) is 0 Å². The molecule has 0 saturated carbocycles. The molecule has 1 N–H and O–H groups in total. The van der Waals surface area contributed by atoms with Crippen molar-refractivity contribution in [3.63, 3.8) is 0 Å². The van der Waals surface area contributed by atoms with E-state index in [1.165, 1.54) is 5.46 Å². The van der Waals surface area contributed by atoms with E-state index in [2.05, 4.69) is 0 Å². The van der Waals surface area contributed by atoms with Crippen LogP contribution in [0.5, 0.6) is 5.75 Å². The molecule has 0 bridgehead atoms. The average Bonchev–Trinajstić information content (AvgIpc) is 1.96. The average molecular weight is 148 g/mol. The fourth-order valence-electron chi connectivity index (χ4n) is 1.32. The van der Waals surface area contributed by atoms with Crippen LogP contribution in [0.1, 0.15) is 18.1 Å². The largest absolute Gasteiger partial charge is 0.507 e. The second kappa shape index (κ2) is 2.99. The zero-order valence-electron chi connectivity index (χ0n) is 7.31. The van der Waals surface area contributed by atoms with E-state index in [0.717, 1.165) is 17.5 Å². The van der Waals surface area contributed by atoms with Crippen molar-refractivity contribution >= 4 is 13.3 Å². The predicted octanol–water partition coefficient (Wildman–Crippen LogP) is 0.521. The maximum Gasteiger partial charge on any atom is 0.139 e. The summed E-state index contributed by atoms with van der Waals surface area (Å²) in [5.74, 6) is 0.457. The molecule has 1 aromatic rings. The molecule has 0 aliphatic carbocycles. The Labute approximate surface area is 68.5 Å². The van der Waals surface area contributed by atoms with Crippen LogP contribution in [0, 0.1) is 6.92 Å². The lowest BCUT2D eigenvalue weighted by Crippen LogP contribution is -2.04. The number of aromatic hydroxyl groups is 1. The Morgan fingerprint density at radius 1 is 1.45 bits per heavy atom. The first kappa shape index (κ1) is 8.18. The molecule has 0 aliphatic heterocycles. The SMILES string of the molecule is Bc1cc(C)c(O)c(CC)c1. The topological polar surface area (TPSA) is 20.2 Å². The van der Waals surface area contributed by atoms with Crippen molar-refractivity contribution in [1.29, 1.82) is 0 Å². The number of benzene rings is 1. The summed E-state index contributed by atoms with van der Waals surface area (Å²) in [7, 11) is 2.05. The van der Waals surface area contributed by atoms with Crippen LogP contribution in [-0.4, -0.2) is 13.0 Å². The number of phenolic OH excluding ortho intramolecular Hbond substituents is 1. The van der Waals surface area contributed by atoms with Crippen molar-refractivity contribution in [2.24, 2.45) is 0 Å². The standard InChI is InChI=1S/C9H13BO/c1-3-7-5-8(10)4-6(2)9(7)11/h4-5,11H,3,10H2,1-2H3. The van der Waals surface area contributed by atoms with Crippen LogP contribution in [0.3, 0.4) is 0 Å². The molecule has 0 unspecified atom stereocenters. The maximum atomic E-state index is 9.52. The Morgan fingerprint density at radius 2 is 2.09 bits per heavy atom. The van der Waals surface area contributed by atoms with Gasteiger partial charge >= 0.3 is 0 Å². The second-order valence-corrected chi connectivity index (χ2v) is 2.94. The van der Waals surface area contributed by atoms with Gasteiger partial charge in [0.15, 0.2) is 0 Å². The summed E-state index contributed by atoms with van der Waals surface area (Å²) in [5, 5.41) is 9.52. The predicted molar refractivity (Wildman–Crippen MR) is 50.4 cm³/mol. The first-order valence-electron chi connectivity index (χ1n) is 3.94. The van der Waals surface area contributed by atoms with Gasteiger partial charge in [0.2, 0.25) is 0 Å². The minimum atomic E-state index is 0.457. The van der Waals surface area contributed by atoms with Gasteiger partial charge in [-0.1, -0.05) is 24.5 Å². The van der Waals surface area contributed by atoms with Crippen molar-refractivity contribution in [3.8, 4) is 5.75 Å². The molecule has 0 atom stereocenters. The van der Waals surface area contributed by atoms with Gasteiger partial charge < -0.3 is 5.11 Å². The minimum Gasteiger partial charge on any atom is -0.507 e. The number of aryl methyl sites for hydroxylation is 2. The van der Waals surface area contributed by atoms with E-state index in [1.54, 1.807) is 0 Å². The Kier molecular flexibility index (Phi) is 2.23. The first-order chi connectivity index (χ1) is 5.15. The molecule has 0 saturated heterocycles. The highest BCUT2D eigenvalue weighted by Gasteiger charge is 2.01. The van der Waals surface area contributed by atoms with Gasteiger partial charge in [-0.3, -0.25) is 0 Å². The third-order valence-electron chi connectivity index (χ3n) is 1.90. The van der Waals surface area contributed by atoms with Gasteiger partial charge in [0.1, 0.15) is 13.6 Å². The Morgan fingerprint density at radius 3 is 2.64 bits per heavy atom. The highest BCUT2D eigenvalue weighted by molar-refractivity contribution is 6.32. The van der Waals surface area contributed by atoms with Crippen molar-refractivity contribution in [3.05, 3.63) is 23.3 Å². The summed E-state index contributed by atoms with van der Waals surface area (Å²) in [5.41, 5.74) is 3.24. The number of hydrogen-bond donors (Lipinski definition) is 1. The fourth-order valence-corrected chi connectivity index (χ4v) is 1.32. The van der Waals surface area contributed by atoms with Crippen LogP contribution in [0.4, 0.5) is 0 Å². The molecule has 58 valence electrons. The molecule has 1 nitrogen and oxygen atoms in total. The third kappa shape index (κ3) is 1.56. The number of phenols is 1. The maximum absolute atomic E-state index is 9.52. The third-order valence-corrected chi connectivity index (χ3v) is 1.90. The van der Waals surface area contributed by atoms with Crippen LogP contribution in [0.25, 0.3) is 0 Å². The van der Waals surface area contributed by atoms with Crippen LogP contribution >= 0.6 is 0 Å². The van der Waals surface area contributed by atoms with E-state index in [9.17, 15) is 5.11 Å². The molecule has 2 heteroatoms. The molecule has 0 spiro atoms. The lowest BCUT2D eigenvalue weighted by atomic mass is 9.91. The van der Waals surface area contributed by atoms with Crippen LogP contribution in [-0.2, 0) is 6.42 Å². The van der Waals surface area contributed by atoms with Crippen molar-refractivity contribution in [2.75, 3.05) is 0 Å². The normalized spacial score (nSPS) is 10.0. The van der Waals surface area contributed by atoms with E-state index in [0.29, 0.717) is 5.75 Å². The molecular weight excluding hydrogens is 135 g/mol. The van der Waals surface area contributed by atoms with Gasteiger partial charge in [0.25, 0.3) is 0 Å². The lowest BCUT2D eigenvalue weighted by Gasteiger charge is -2.06. The molecular formula is C9H13BO. The Hall–Kier alpha value is -0.915. The number of rotatable bonds is 1. The summed E-state index contributed by atoms with van der Waals surface area (Å²) in [4.78, 5) is 0. The summed E-state index contributed by atoms with van der Waals surface area (Å²) in [6.07, 6.45) is 0.897. The summed E-state index contributed by atoms with van der Waals surface area (Å²) >= 11 is 0. The first-order valence-corrected chi connectivity index (χ1v) is 3.94. The Balaban J connectivity index is 3.24. The highest BCUT2D eigenvalue weighted by atomic mass is 16.3. The molecule has 0 amide bonds. The van der Waals surface area contributed by atoms with Crippen molar-refractivity contribution in [2.45, 2.75) is 20.3 Å². The van der Waals surface area contributed by atoms with Gasteiger partial charge in [0.05, 0.1) is 0 Å². The molecule has 1 aromatic carbocycles. The van der Waals surface area contributed by atoms with E-state index < -0.39 is 0 Å². The van der Waals surface area contributed by atoms with Crippen molar-refractivity contribution < 1.29 is 5.11 Å². The van der Waals surface area contributed by atoms with Gasteiger partial charge in [-0.2, -0.15) is 0 Å². The van der Waals surface area contributed by atoms with Crippen LogP contribution in [0.15, 0.2) is 12.1 Å². The molecule has 0 fully saturated rings. The summed E-state index contributed by atoms with van der Waals surface area (Å²) in [6, 6.07) is 4.02. The quantitative estimate of drug-likeness (QED) is 0.575. The van der Waals surface area contributed by atoms with Gasteiger partial charge in [-0.25, -0.2) is 0 Å². The lowest BCUT2D eigenvalue weighted by molar-refractivity contribution is 0.465. The number of hydrogen-bond acceptors (Lipinski definition) is 1. The second-order valence-electron chi connectivity index (χ2n) is 2.94. The van der Waals surface area contributed by atoms with Gasteiger partial charge in [0, 0.05) is 0 Å². The smallest absolute Gasteiger partial charge is 0.139 e. The van der Waals surface area contributed by atoms with E-state index in [-0.39, 0.29) is 0 Å². The molecule has 0 aliphatic rings. The summed E-state index contributed by atoms with van der Waals surface area (Å²) in [6.45, 7) is 3.98. The fraction of sp³-hybridized carbons (Fsp3) is 0.333. The van der Waals surface area contributed by atoms with Crippen LogP contribution in [0.2, 0.25) is 0 Å². The van der Waals surface area contributed by atoms with E-state index in [1.807, 2.05) is 33.8 Å².